The first-order valence-corrected chi connectivity index (χ1v) is 10.0. The van der Waals surface area contributed by atoms with Gasteiger partial charge in [0.25, 0.3) is 5.91 Å². The fourth-order valence-electron chi connectivity index (χ4n) is 3.55. The summed E-state index contributed by atoms with van der Waals surface area (Å²) in [6.07, 6.45) is 1.56. The number of nitrogens with zero attached hydrogens (tertiary/aromatic N) is 1. The summed E-state index contributed by atoms with van der Waals surface area (Å²) in [6, 6.07) is 1.45. The highest BCUT2D eigenvalue weighted by molar-refractivity contribution is 6.34. The summed E-state index contributed by atoms with van der Waals surface area (Å²) in [5.41, 5.74) is 6.31. The smallest absolute Gasteiger partial charge is 0.255 e. The van der Waals surface area contributed by atoms with E-state index in [-0.39, 0.29) is 45.4 Å². The summed E-state index contributed by atoms with van der Waals surface area (Å²) in [5, 5.41) is 13.5. The number of ether oxygens (including phenoxy) is 2. The number of rotatable bonds is 9. The number of methoxy groups -OCH3 is 2. The van der Waals surface area contributed by atoms with Gasteiger partial charge in [-0.15, -0.1) is 0 Å². The van der Waals surface area contributed by atoms with E-state index in [2.05, 4.69) is 10.2 Å². The van der Waals surface area contributed by atoms with Gasteiger partial charge in [0.15, 0.2) is 11.5 Å². The number of Topliss-reactive ketones (excluding diaryl/α,β-unsaturated/α-hetero) is 1. The highest BCUT2D eigenvalue weighted by Gasteiger charge is 2.29. The number of benzene rings is 1. The van der Waals surface area contributed by atoms with Crippen LogP contribution in [0, 0.1) is 5.92 Å². The predicted octanol–water partition coefficient (Wildman–Crippen LogP) is 1.72. The molecule has 2 rings (SSSR count). The van der Waals surface area contributed by atoms with Crippen LogP contribution in [0.1, 0.15) is 36.5 Å². The lowest BCUT2D eigenvalue weighted by molar-refractivity contribution is -0.117. The van der Waals surface area contributed by atoms with Gasteiger partial charge in [-0.3, -0.25) is 4.79 Å². The van der Waals surface area contributed by atoms with Crippen molar-refractivity contribution in [1.29, 1.82) is 0 Å². The summed E-state index contributed by atoms with van der Waals surface area (Å²) in [7, 11) is 2.85. The number of hydrogen-bond acceptors (Lipinski definition) is 7. The van der Waals surface area contributed by atoms with E-state index in [1.165, 1.54) is 20.3 Å². The molecule has 0 aromatic heterocycles. The molecule has 4 N–H and O–H groups in total. The molecular weight excluding hydrogens is 398 g/mol. The summed E-state index contributed by atoms with van der Waals surface area (Å²) < 4.78 is 10.5. The normalized spacial score (nSPS) is 19.6. The third kappa shape index (κ3) is 5.98. The van der Waals surface area contributed by atoms with Crippen molar-refractivity contribution in [3.63, 3.8) is 0 Å². The molecule has 1 amide bonds. The van der Waals surface area contributed by atoms with E-state index in [9.17, 15) is 14.7 Å². The van der Waals surface area contributed by atoms with E-state index in [1.54, 1.807) is 6.92 Å². The van der Waals surface area contributed by atoms with Crippen molar-refractivity contribution < 1.29 is 24.2 Å². The average Bonchev–Trinajstić information content (AvgIpc) is 2.68. The van der Waals surface area contributed by atoms with E-state index in [4.69, 9.17) is 26.8 Å². The number of anilines is 1. The highest BCUT2D eigenvalue weighted by Crippen LogP contribution is 2.41. The fourth-order valence-corrected chi connectivity index (χ4v) is 3.75. The van der Waals surface area contributed by atoms with Gasteiger partial charge in [0.2, 0.25) is 0 Å². The molecule has 162 valence electrons. The summed E-state index contributed by atoms with van der Waals surface area (Å²) in [5.74, 6) is 0.174. The molecule has 9 heteroatoms. The van der Waals surface area contributed by atoms with Crippen molar-refractivity contribution in [3.05, 3.63) is 16.7 Å². The predicted molar refractivity (Wildman–Crippen MR) is 112 cm³/mol. The number of β-amino-alcohol motifs (C(OH)–C–C–N with tert-alkyl or cyclic N) is 1. The second-order valence-corrected chi connectivity index (χ2v) is 7.73. The number of nitrogens with two attached hydrogens (primary N) is 1. The zero-order valence-corrected chi connectivity index (χ0v) is 17.9. The molecule has 0 bridgehead atoms. The van der Waals surface area contributed by atoms with Gasteiger partial charge in [0.1, 0.15) is 5.78 Å². The molecule has 1 heterocycles. The fraction of sp³-hybridized carbons (Fsp3) is 0.600. The van der Waals surface area contributed by atoms with Crippen LogP contribution in [0.2, 0.25) is 5.02 Å². The van der Waals surface area contributed by atoms with Gasteiger partial charge >= 0.3 is 0 Å². The first-order chi connectivity index (χ1) is 13.8. The maximum Gasteiger partial charge on any atom is 0.255 e. The van der Waals surface area contributed by atoms with Gasteiger partial charge < -0.3 is 35.3 Å². The van der Waals surface area contributed by atoms with Gasteiger partial charge in [-0.2, -0.15) is 0 Å². The molecule has 1 fully saturated rings. The molecule has 1 aliphatic rings. The molecule has 1 aromatic carbocycles. The van der Waals surface area contributed by atoms with Crippen LogP contribution in [-0.2, 0) is 4.79 Å². The summed E-state index contributed by atoms with van der Waals surface area (Å²) >= 11 is 6.11. The lowest BCUT2D eigenvalue weighted by Crippen LogP contribution is -2.47. The number of halogens is 1. The van der Waals surface area contributed by atoms with Crippen LogP contribution in [0.5, 0.6) is 11.5 Å². The van der Waals surface area contributed by atoms with Crippen LogP contribution in [0.4, 0.5) is 5.69 Å². The Morgan fingerprint density at radius 3 is 2.62 bits per heavy atom. The topological polar surface area (TPSA) is 114 Å². The van der Waals surface area contributed by atoms with Gasteiger partial charge in [-0.05, 0) is 38.9 Å². The Labute approximate surface area is 176 Å². The zero-order chi connectivity index (χ0) is 21.6. The molecule has 29 heavy (non-hydrogen) atoms. The minimum atomic E-state index is -0.548. The van der Waals surface area contributed by atoms with Crippen LogP contribution >= 0.6 is 11.6 Å². The zero-order valence-electron chi connectivity index (χ0n) is 17.2. The number of piperidine rings is 1. The van der Waals surface area contributed by atoms with Crippen LogP contribution in [0.25, 0.3) is 0 Å². The molecule has 8 nitrogen and oxygen atoms in total. The van der Waals surface area contributed by atoms with Crippen LogP contribution in [0.3, 0.4) is 0 Å². The van der Waals surface area contributed by atoms with Crippen molar-refractivity contribution in [1.82, 2.24) is 10.2 Å². The van der Waals surface area contributed by atoms with Crippen molar-refractivity contribution >= 4 is 29.0 Å². The Bertz CT molecular complexity index is 743. The number of nitrogens with one attached hydrogen (secondary N) is 1. The molecule has 0 spiro atoms. The molecule has 1 aliphatic heterocycles. The molecule has 1 saturated heterocycles. The van der Waals surface area contributed by atoms with E-state index >= 15 is 0 Å². The third-order valence-electron chi connectivity index (χ3n) is 5.21. The highest BCUT2D eigenvalue weighted by atomic mass is 35.5. The van der Waals surface area contributed by atoms with Crippen molar-refractivity contribution in [2.24, 2.45) is 5.92 Å². The molecule has 1 aromatic rings. The second-order valence-electron chi connectivity index (χ2n) is 7.32. The van der Waals surface area contributed by atoms with Crippen LogP contribution in [-0.4, -0.2) is 68.2 Å². The number of ketones is 1. The standard InChI is InChI=1S/C20H30ClN3O5/c1-12(25)5-4-7-24-8-6-13(16(26)11-24)10-23-20(27)14-9-15(21)17(22)19(29-3)18(14)28-2/h9,13,16,26H,4-8,10-11,22H2,1-3H3,(H,23,27). The van der Waals surface area contributed by atoms with Gasteiger partial charge in [0, 0.05) is 25.4 Å². The first kappa shape index (κ1) is 23.3. The van der Waals surface area contributed by atoms with Crippen LogP contribution < -0.4 is 20.5 Å². The van der Waals surface area contributed by atoms with Gasteiger partial charge in [-0.25, -0.2) is 0 Å². The Morgan fingerprint density at radius 2 is 2.03 bits per heavy atom. The summed E-state index contributed by atoms with van der Waals surface area (Å²) in [4.78, 5) is 25.9. The quantitative estimate of drug-likeness (QED) is 0.514. The maximum absolute atomic E-state index is 12.7. The maximum atomic E-state index is 12.7. The SMILES string of the molecule is COc1c(C(=O)NCC2CCN(CCCC(C)=O)CC2O)cc(Cl)c(N)c1OC. The van der Waals surface area contributed by atoms with Crippen LogP contribution in [0.15, 0.2) is 6.07 Å². The lowest BCUT2D eigenvalue weighted by atomic mass is 9.93. The molecule has 0 saturated carbocycles. The molecular formula is C20H30ClN3O5. The number of likely N-dealkylation sites (tertiary alicyclic amines) is 1. The minimum Gasteiger partial charge on any atom is -0.492 e. The average molecular weight is 428 g/mol. The minimum absolute atomic E-state index is 0.0554. The van der Waals surface area contributed by atoms with E-state index in [0.717, 1.165) is 25.9 Å². The monoisotopic (exact) mass is 427 g/mol. The number of carbonyl (C=O) groups is 2. The van der Waals surface area contributed by atoms with Crippen molar-refractivity contribution in [3.8, 4) is 11.5 Å². The molecule has 0 aliphatic carbocycles. The van der Waals surface area contributed by atoms with Gasteiger partial charge in [-0.1, -0.05) is 11.6 Å². The molecule has 2 unspecified atom stereocenters. The molecule has 0 radical (unpaired) electrons. The first-order valence-electron chi connectivity index (χ1n) is 9.66. The Balaban J connectivity index is 1.95. The number of aliphatic hydroxyl groups excluding tert-OH is 1. The van der Waals surface area contributed by atoms with E-state index < -0.39 is 6.10 Å². The number of carbonyl (C=O) groups excluding carboxylic acids is 2. The largest absolute Gasteiger partial charge is 0.492 e. The number of aliphatic hydroxyl groups is 1. The Kier molecular flexibility index (Phi) is 8.55. The van der Waals surface area contributed by atoms with E-state index in [0.29, 0.717) is 19.5 Å². The number of hydrogen-bond donors (Lipinski definition) is 3. The Morgan fingerprint density at radius 1 is 1.34 bits per heavy atom. The Hall–Kier alpha value is -2.03. The number of amides is 1. The van der Waals surface area contributed by atoms with Gasteiger partial charge in [0.05, 0.1) is 36.6 Å². The summed E-state index contributed by atoms with van der Waals surface area (Å²) in [6.45, 7) is 4.05. The number of nitrogen functional groups attached to an aromatic ring is 1. The second kappa shape index (κ2) is 10.7. The molecule has 2 atom stereocenters. The van der Waals surface area contributed by atoms with Crippen molar-refractivity contribution in [2.45, 2.75) is 32.3 Å². The lowest BCUT2D eigenvalue weighted by Gasteiger charge is -2.36. The van der Waals surface area contributed by atoms with Crippen molar-refractivity contribution in [2.75, 3.05) is 46.1 Å². The van der Waals surface area contributed by atoms with E-state index in [1.807, 2.05) is 0 Å². The third-order valence-corrected chi connectivity index (χ3v) is 5.52.